The van der Waals surface area contributed by atoms with Crippen molar-refractivity contribution in [2.75, 3.05) is 6.54 Å². The summed E-state index contributed by atoms with van der Waals surface area (Å²) >= 11 is 1.49. The summed E-state index contributed by atoms with van der Waals surface area (Å²) in [6.45, 7) is 6.64. The number of Topliss-reactive ketones (excluding diaryl/α,β-unsaturated/α-hetero) is 1. The van der Waals surface area contributed by atoms with Crippen molar-refractivity contribution >= 4 is 17.1 Å². The van der Waals surface area contributed by atoms with Crippen LogP contribution in [0.5, 0.6) is 0 Å². The second-order valence-electron chi connectivity index (χ2n) is 3.46. The molecule has 3 heteroatoms. The Morgan fingerprint density at radius 1 is 1.62 bits per heavy atom. The zero-order valence-electron chi connectivity index (χ0n) is 8.26. The highest BCUT2D eigenvalue weighted by Gasteiger charge is 2.27. The van der Waals surface area contributed by atoms with Crippen molar-refractivity contribution in [2.45, 2.75) is 26.3 Å². The molecule has 0 aliphatic heterocycles. The minimum Gasteiger partial charge on any atom is -0.305 e. The van der Waals surface area contributed by atoms with E-state index in [1.54, 1.807) is 0 Å². The van der Waals surface area contributed by atoms with E-state index in [0.717, 1.165) is 11.4 Å². The summed E-state index contributed by atoms with van der Waals surface area (Å²) in [5.41, 5.74) is -0.445. The number of ketones is 1. The topological polar surface area (TPSA) is 29.1 Å². The summed E-state index contributed by atoms with van der Waals surface area (Å²) in [5, 5.41) is 5.09. The third kappa shape index (κ3) is 2.39. The van der Waals surface area contributed by atoms with Crippen LogP contribution in [0, 0.1) is 0 Å². The molecule has 1 aromatic rings. The molecule has 0 spiro atoms. The molecular formula is C10H15NOS. The quantitative estimate of drug-likeness (QED) is 0.750. The molecular weight excluding hydrogens is 182 g/mol. The van der Waals surface area contributed by atoms with Crippen molar-refractivity contribution in [2.24, 2.45) is 0 Å². The summed E-state index contributed by atoms with van der Waals surface area (Å²) in [5.74, 6) is 0.171. The number of carbonyl (C=O) groups is 1. The van der Waals surface area contributed by atoms with Gasteiger partial charge in [-0.15, -0.1) is 11.3 Å². The standard InChI is InChI=1S/C10H15NOS/c1-4-11-10(2,3)9(12)8-6-5-7-13-8/h5-7,11H,4H2,1-3H3. The Labute approximate surface area is 83.0 Å². The molecule has 0 aromatic carbocycles. The van der Waals surface area contributed by atoms with Gasteiger partial charge in [-0.2, -0.15) is 0 Å². The molecule has 2 nitrogen and oxygen atoms in total. The van der Waals surface area contributed by atoms with Crippen molar-refractivity contribution < 1.29 is 4.79 Å². The lowest BCUT2D eigenvalue weighted by molar-refractivity contribution is 0.0888. The average molecular weight is 197 g/mol. The number of hydrogen-bond acceptors (Lipinski definition) is 3. The second-order valence-corrected chi connectivity index (χ2v) is 4.41. The Morgan fingerprint density at radius 3 is 2.77 bits per heavy atom. The normalized spacial score (nSPS) is 11.6. The number of rotatable bonds is 4. The monoisotopic (exact) mass is 197 g/mol. The molecule has 0 unspecified atom stereocenters. The van der Waals surface area contributed by atoms with E-state index in [0.29, 0.717) is 0 Å². The van der Waals surface area contributed by atoms with E-state index in [1.165, 1.54) is 11.3 Å². The molecule has 13 heavy (non-hydrogen) atoms. The van der Waals surface area contributed by atoms with Gasteiger partial charge in [-0.1, -0.05) is 13.0 Å². The van der Waals surface area contributed by atoms with Crippen LogP contribution in [-0.2, 0) is 0 Å². The average Bonchev–Trinajstić information content (AvgIpc) is 2.54. The van der Waals surface area contributed by atoms with Crippen LogP contribution in [0.2, 0.25) is 0 Å². The Bertz CT molecular complexity index is 277. The Kier molecular flexibility index (Phi) is 3.22. The smallest absolute Gasteiger partial charge is 0.192 e. The van der Waals surface area contributed by atoms with E-state index in [9.17, 15) is 4.79 Å². The minimum atomic E-state index is -0.445. The lowest BCUT2D eigenvalue weighted by atomic mass is 9.98. The third-order valence-electron chi connectivity index (χ3n) is 1.93. The SMILES string of the molecule is CCNC(C)(C)C(=O)c1cccs1. The number of nitrogens with one attached hydrogen (secondary N) is 1. The van der Waals surface area contributed by atoms with Gasteiger partial charge in [-0.25, -0.2) is 0 Å². The van der Waals surface area contributed by atoms with Crippen molar-refractivity contribution in [3.05, 3.63) is 22.4 Å². The highest BCUT2D eigenvalue weighted by Crippen LogP contribution is 2.17. The highest BCUT2D eigenvalue weighted by molar-refractivity contribution is 7.12. The van der Waals surface area contributed by atoms with Gasteiger partial charge in [0.1, 0.15) is 0 Å². The van der Waals surface area contributed by atoms with Gasteiger partial charge in [0.05, 0.1) is 10.4 Å². The van der Waals surface area contributed by atoms with Crippen molar-refractivity contribution in [1.82, 2.24) is 5.32 Å². The van der Waals surface area contributed by atoms with E-state index in [-0.39, 0.29) is 5.78 Å². The maximum atomic E-state index is 11.9. The van der Waals surface area contributed by atoms with E-state index < -0.39 is 5.54 Å². The predicted molar refractivity (Wildman–Crippen MR) is 56.4 cm³/mol. The molecule has 0 aliphatic carbocycles. The van der Waals surface area contributed by atoms with Gasteiger partial charge in [0.15, 0.2) is 5.78 Å². The van der Waals surface area contributed by atoms with Gasteiger partial charge in [-0.3, -0.25) is 4.79 Å². The summed E-state index contributed by atoms with van der Waals surface area (Å²) in [6.07, 6.45) is 0. The van der Waals surface area contributed by atoms with Crippen LogP contribution in [0.3, 0.4) is 0 Å². The summed E-state index contributed by atoms with van der Waals surface area (Å²) < 4.78 is 0. The summed E-state index contributed by atoms with van der Waals surface area (Å²) in [4.78, 5) is 12.7. The maximum absolute atomic E-state index is 11.9. The van der Waals surface area contributed by atoms with Crippen LogP contribution < -0.4 is 5.32 Å². The predicted octanol–water partition coefficient (Wildman–Crippen LogP) is 2.32. The number of likely N-dealkylation sites (N-methyl/N-ethyl adjacent to an activating group) is 1. The molecule has 0 amide bonds. The zero-order chi connectivity index (χ0) is 9.90. The molecule has 1 rings (SSSR count). The lowest BCUT2D eigenvalue weighted by Crippen LogP contribution is -2.46. The van der Waals surface area contributed by atoms with E-state index in [2.05, 4.69) is 5.32 Å². The first kappa shape index (κ1) is 10.4. The highest BCUT2D eigenvalue weighted by atomic mass is 32.1. The molecule has 1 aromatic heterocycles. The first-order chi connectivity index (χ1) is 6.08. The molecule has 72 valence electrons. The largest absolute Gasteiger partial charge is 0.305 e. The first-order valence-electron chi connectivity index (χ1n) is 4.41. The Morgan fingerprint density at radius 2 is 2.31 bits per heavy atom. The molecule has 0 atom stereocenters. The van der Waals surface area contributed by atoms with Gasteiger partial charge in [0, 0.05) is 0 Å². The molecule has 0 saturated carbocycles. The molecule has 0 bridgehead atoms. The Hall–Kier alpha value is -0.670. The van der Waals surface area contributed by atoms with Crippen molar-refractivity contribution in [3.8, 4) is 0 Å². The van der Waals surface area contributed by atoms with Crippen LogP contribution in [-0.4, -0.2) is 17.9 Å². The molecule has 0 saturated heterocycles. The molecule has 1 heterocycles. The second kappa shape index (κ2) is 4.03. The fraction of sp³-hybridized carbons (Fsp3) is 0.500. The fourth-order valence-corrected chi connectivity index (χ4v) is 2.06. The molecule has 0 aliphatic rings. The summed E-state index contributed by atoms with van der Waals surface area (Å²) in [7, 11) is 0. The fourth-order valence-electron chi connectivity index (χ4n) is 1.24. The van der Waals surface area contributed by atoms with Gasteiger partial charge in [-0.05, 0) is 31.8 Å². The van der Waals surface area contributed by atoms with Crippen LogP contribution in [0.4, 0.5) is 0 Å². The number of carbonyl (C=O) groups excluding carboxylic acids is 1. The molecule has 0 radical (unpaired) electrons. The van der Waals surface area contributed by atoms with Gasteiger partial charge in [0.2, 0.25) is 0 Å². The van der Waals surface area contributed by atoms with E-state index in [4.69, 9.17) is 0 Å². The van der Waals surface area contributed by atoms with E-state index >= 15 is 0 Å². The van der Waals surface area contributed by atoms with Gasteiger partial charge in [0.25, 0.3) is 0 Å². The maximum Gasteiger partial charge on any atom is 0.192 e. The van der Waals surface area contributed by atoms with Crippen molar-refractivity contribution in [1.29, 1.82) is 0 Å². The number of hydrogen-bond donors (Lipinski definition) is 1. The van der Waals surface area contributed by atoms with Crippen LogP contribution in [0.15, 0.2) is 17.5 Å². The third-order valence-corrected chi connectivity index (χ3v) is 2.80. The molecule has 0 fully saturated rings. The molecule has 1 N–H and O–H groups in total. The summed E-state index contributed by atoms with van der Waals surface area (Å²) in [6, 6.07) is 3.77. The van der Waals surface area contributed by atoms with Crippen LogP contribution >= 0.6 is 11.3 Å². The zero-order valence-corrected chi connectivity index (χ0v) is 9.07. The minimum absolute atomic E-state index is 0.171. The van der Waals surface area contributed by atoms with Gasteiger partial charge >= 0.3 is 0 Å². The Balaban J connectivity index is 2.78. The van der Waals surface area contributed by atoms with Gasteiger partial charge < -0.3 is 5.32 Å². The van der Waals surface area contributed by atoms with Crippen molar-refractivity contribution in [3.63, 3.8) is 0 Å². The van der Waals surface area contributed by atoms with Crippen LogP contribution in [0.25, 0.3) is 0 Å². The van der Waals surface area contributed by atoms with E-state index in [1.807, 2.05) is 38.3 Å². The lowest BCUT2D eigenvalue weighted by Gasteiger charge is -2.23. The number of thiophene rings is 1. The first-order valence-corrected chi connectivity index (χ1v) is 5.29. The van der Waals surface area contributed by atoms with Crippen LogP contribution in [0.1, 0.15) is 30.4 Å².